The van der Waals surface area contributed by atoms with E-state index in [1.807, 2.05) is 12.4 Å². The molecule has 4 aliphatic rings. The van der Waals surface area contributed by atoms with Gasteiger partial charge in [0, 0.05) is 11.5 Å². The van der Waals surface area contributed by atoms with Gasteiger partial charge in [0.05, 0.1) is 11.9 Å². The molecule has 5 atom stereocenters. The number of aromatic nitrogens is 3. The summed E-state index contributed by atoms with van der Waals surface area (Å²) in [7, 11) is 0. The number of rotatable bonds is 1. The Labute approximate surface area is 116 Å². The first-order chi connectivity index (χ1) is 9.73. The average molecular weight is 267 g/mol. The summed E-state index contributed by atoms with van der Waals surface area (Å²) in [6.45, 7) is 0. The van der Waals surface area contributed by atoms with Crippen LogP contribution in [0.5, 0.6) is 0 Å². The van der Waals surface area contributed by atoms with Gasteiger partial charge in [0.2, 0.25) is 5.56 Å². The summed E-state index contributed by atoms with van der Waals surface area (Å²) in [6.07, 6.45) is 8.95. The zero-order valence-corrected chi connectivity index (χ0v) is 11.3. The highest BCUT2D eigenvalue weighted by Gasteiger charge is 2.81. The number of imidazole rings is 1. The van der Waals surface area contributed by atoms with Crippen molar-refractivity contribution in [1.29, 1.82) is 0 Å². The molecule has 5 unspecified atom stereocenters. The first-order valence-corrected chi connectivity index (χ1v) is 7.80. The minimum atomic E-state index is -0.0164. The molecule has 102 valence electrons. The van der Waals surface area contributed by atoms with Crippen LogP contribution in [0.25, 0.3) is 11.2 Å². The Morgan fingerprint density at radius 1 is 1.20 bits per heavy atom. The summed E-state index contributed by atoms with van der Waals surface area (Å²) in [5.41, 5.74) is 2.71. The van der Waals surface area contributed by atoms with Gasteiger partial charge < -0.3 is 9.55 Å². The minimum absolute atomic E-state index is 0.0164. The Bertz CT molecular complexity index is 820. The van der Waals surface area contributed by atoms with E-state index < -0.39 is 0 Å². The largest absolute Gasteiger partial charge is 0.310 e. The molecule has 1 N–H and O–H groups in total. The van der Waals surface area contributed by atoms with Gasteiger partial charge in [0.25, 0.3) is 0 Å². The molecule has 4 heteroatoms. The third-order valence-electron chi connectivity index (χ3n) is 7.24. The van der Waals surface area contributed by atoms with Crippen molar-refractivity contribution in [3.8, 4) is 0 Å². The number of fused-ring (bicyclic) bond motifs is 2. The van der Waals surface area contributed by atoms with E-state index in [0.29, 0.717) is 5.41 Å². The standard InChI is InChI=1S/C16H17N3O/c20-13-2-1-12-14(18-13)19(8-17-12)15-5-9-3-10-4-11(7-15)16(10,15)6-9/h1-2,8-11H,3-7H2,(H,18,20). The van der Waals surface area contributed by atoms with Crippen LogP contribution in [0.1, 0.15) is 32.1 Å². The van der Waals surface area contributed by atoms with Crippen molar-refractivity contribution in [2.24, 2.45) is 23.2 Å². The van der Waals surface area contributed by atoms with Gasteiger partial charge in [-0.15, -0.1) is 0 Å². The van der Waals surface area contributed by atoms with Crippen molar-refractivity contribution in [1.82, 2.24) is 14.5 Å². The molecule has 4 nitrogen and oxygen atoms in total. The molecule has 0 aliphatic heterocycles. The molecular weight excluding hydrogens is 250 g/mol. The number of nitrogens with zero attached hydrogens (tertiary/aromatic N) is 2. The summed E-state index contributed by atoms with van der Waals surface area (Å²) < 4.78 is 2.35. The predicted molar refractivity (Wildman–Crippen MR) is 74.3 cm³/mol. The van der Waals surface area contributed by atoms with Crippen molar-refractivity contribution in [2.75, 3.05) is 0 Å². The summed E-state index contributed by atoms with van der Waals surface area (Å²) in [5, 5.41) is 0. The molecule has 6 rings (SSSR count). The van der Waals surface area contributed by atoms with Crippen LogP contribution in [0, 0.1) is 23.2 Å². The van der Waals surface area contributed by atoms with Crippen LogP contribution in [0.15, 0.2) is 23.3 Å². The first-order valence-electron chi connectivity index (χ1n) is 7.80. The highest BCUT2D eigenvalue weighted by Crippen LogP contribution is 2.85. The molecule has 0 aromatic carbocycles. The summed E-state index contributed by atoms with van der Waals surface area (Å²) in [5.74, 6) is 2.82. The normalized spacial score (nSPS) is 47.1. The van der Waals surface area contributed by atoms with E-state index in [0.717, 1.165) is 28.9 Å². The monoisotopic (exact) mass is 267 g/mol. The van der Waals surface area contributed by atoms with E-state index in [-0.39, 0.29) is 11.1 Å². The lowest BCUT2D eigenvalue weighted by Crippen LogP contribution is -2.71. The van der Waals surface area contributed by atoms with Crippen molar-refractivity contribution in [3.05, 3.63) is 28.8 Å². The Hall–Kier alpha value is -1.58. The molecule has 4 saturated carbocycles. The fourth-order valence-corrected chi connectivity index (χ4v) is 6.80. The molecule has 2 aromatic heterocycles. The van der Waals surface area contributed by atoms with Crippen molar-refractivity contribution in [2.45, 2.75) is 37.6 Å². The molecule has 2 aromatic rings. The number of pyridine rings is 1. The highest BCUT2D eigenvalue weighted by atomic mass is 16.1. The van der Waals surface area contributed by atoms with E-state index in [2.05, 4.69) is 14.5 Å². The summed E-state index contributed by atoms with van der Waals surface area (Å²) in [6, 6.07) is 3.42. The highest BCUT2D eigenvalue weighted by molar-refractivity contribution is 5.71. The Balaban J connectivity index is 1.63. The van der Waals surface area contributed by atoms with Crippen LogP contribution in [0.2, 0.25) is 0 Å². The van der Waals surface area contributed by atoms with Crippen LogP contribution in [-0.2, 0) is 5.54 Å². The zero-order chi connectivity index (χ0) is 13.1. The van der Waals surface area contributed by atoms with Crippen LogP contribution in [-0.4, -0.2) is 14.5 Å². The second kappa shape index (κ2) is 2.74. The number of hydrogen-bond acceptors (Lipinski definition) is 2. The zero-order valence-electron chi connectivity index (χ0n) is 11.3. The third kappa shape index (κ3) is 0.787. The van der Waals surface area contributed by atoms with Crippen LogP contribution in [0.4, 0.5) is 0 Å². The third-order valence-corrected chi connectivity index (χ3v) is 7.24. The van der Waals surface area contributed by atoms with Crippen LogP contribution in [0.3, 0.4) is 0 Å². The lowest BCUT2D eigenvalue weighted by atomic mass is 9.35. The van der Waals surface area contributed by atoms with E-state index in [1.54, 1.807) is 6.07 Å². The van der Waals surface area contributed by atoms with Gasteiger partial charge in [-0.3, -0.25) is 4.79 Å². The maximum Gasteiger partial charge on any atom is 0.249 e. The fourth-order valence-electron chi connectivity index (χ4n) is 6.80. The Morgan fingerprint density at radius 3 is 3.00 bits per heavy atom. The molecule has 0 amide bonds. The van der Waals surface area contributed by atoms with E-state index in [9.17, 15) is 4.79 Å². The van der Waals surface area contributed by atoms with Gasteiger partial charge in [-0.1, -0.05) is 0 Å². The number of aromatic amines is 1. The SMILES string of the molecule is O=c1ccc2ncn(C34CC5CC6CC(C3)C64C5)c2[nH]1. The molecule has 0 saturated heterocycles. The molecule has 4 fully saturated rings. The lowest BCUT2D eigenvalue weighted by Gasteiger charge is -2.73. The maximum atomic E-state index is 11.7. The average Bonchev–Trinajstić information content (AvgIpc) is 3.02. The van der Waals surface area contributed by atoms with Gasteiger partial charge >= 0.3 is 0 Å². The fraction of sp³-hybridized carbons (Fsp3) is 0.625. The van der Waals surface area contributed by atoms with Gasteiger partial charge in [0.15, 0.2) is 0 Å². The summed E-state index contributed by atoms with van der Waals surface area (Å²) in [4.78, 5) is 19.2. The van der Waals surface area contributed by atoms with Gasteiger partial charge in [-0.05, 0) is 55.9 Å². The second-order valence-corrected chi connectivity index (χ2v) is 7.59. The molecule has 4 aliphatic carbocycles. The Morgan fingerprint density at radius 2 is 2.15 bits per heavy atom. The van der Waals surface area contributed by atoms with Crippen molar-refractivity contribution >= 4 is 11.2 Å². The molecule has 20 heavy (non-hydrogen) atoms. The Kier molecular flexibility index (Phi) is 1.39. The lowest BCUT2D eigenvalue weighted by molar-refractivity contribution is -0.229. The van der Waals surface area contributed by atoms with E-state index in [4.69, 9.17) is 0 Å². The quantitative estimate of drug-likeness (QED) is 0.861. The second-order valence-electron chi connectivity index (χ2n) is 7.59. The summed E-state index contributed by atoms with van der Waals surface area (Å²) >= 11 is 0. The number of hydrogen-bond donors (Lipinski definition) is 1. The minimum Gasteiger partial charge on any atom is -0.310 e. The van der Waals surface area contributed by atoms with Gasteiger partial charge in [-0.2, -0.15) is 0 Å². The van der Waals surface area contributed by atoms with Crippen LogP contribution >= 0.6 is 0 Å². The van der Waals surface area contributed by atoms with Gasteiger partial charge in [-0.25, -0.2) is 4.98 Å². The molecule has 2 heterocycles. The smallest absolute Gasteiger partial charge is 0.249 e. The van der Waals surface area contributed by atoms with Crippen molar-refractivity contribution < 1.29 is 0 Å². The molecule has 1 spiro atoms. The molecule has 2 bridgehead atoms. The number of H-pyrrole nitrogens is 1. The molecule has 0 radical (unpaired) electrons. The first kappa shape index (κ1) is 10.2. The van der Waals surface area contributed by atoms with E-state index in [1.165, 1.54) is 32.1 Å². The number of nitrogens with one attached hydrogen (secondary N) is 1. The van der Waals surface area contributed by atoms with Gasteiger partial charge in [0.1, 0.15) is 11.2 Å². The van der Waals surface area contributed by atoms with Crippen LogP contribution < -0.4 is 5.56 Å². The van der Waals surface area contributed by atoms with E-state index >= 15 is 0 Å². The molecular formula is C16H17N3O. The predicted octanol–water partition coefficient (Wildman–Crippen LogP) is 2.26. The van der Waals surface area contributed by atoms with Crippen molar-refractivity contribution in [3.63, 3.8) is 0 Å². The topological polar surface area (TPSA) is 50.7 Å². The maximum absolute atomic E-state index is 11.7.